The van der Waals surface area contributed by atoms with Gasteiger partial charge in [0.2, 0.25) is 5.95 Å². The summed E-state index contributed by atoms with van der Waals surface area (Å²) in [6.07, 6.45) is 3.50. The molecule has 6 heteroatoms. The number of rotatable bonds is 4. The van der Waals surface area contributed by atoms with Gasteiger partial charge in [0, 0.05) is 36.9 Å². The molecule has 2 rings (SSSR count). The minimum Gasteiger partial charge on any atom is -0.338 e. The summed E-state index contributed by atoms with van der Waals surface area (Å²) in [6, 6.07) is 0. The summed E-state index contributed by atoms with van der Waals surface area (Å²) in [7, 11) is 1.94. The zero-order chi connectivity index (χ0) is 11.4. The molecule has 0 aliphatic rings. The Kier molecular flexibility index (Phi) is 3.43. The average molecular weight is 235 g/mol. The Balaban J connectivity index is 2.05. The van der Waals surface area contributed by atoms with Gasteiger partial charge in [-0.15, -0.1) is 11.3 Å². The predicted octanol–water partition coefficient (Wildman–Crippen LogP) is 1.03. The quantitative estimate of drug-likeness (QED) is 0.857. The lowest BCUT2D eigenvalue weighted by Crippen LogP contribution is -2.19. The first kappa shape index (κ1) is 11.0. The lowest BCUT2D eigenvalue weighted by atomic mass is 10.3. The van der Waals surface area contributed by atoms with Crippen LogP contribution < -0.4 is 10.6 Å². The molecule has 0 bridgehead atoms. The number of thiazole rings is 1. The van der Waals surface area contributed by atoms with Crippen LogP contribution in [0.4, 0.5) is 5.95 Å². The van der Waals surface area contributed by atoms with E-state index in [0.717, 1.165) is 11.3 Å². The maximum absolute atomic E-state index is 5.48. The van der Waals surface area contributed by atoms with E-state index in [9.17, 15) is 0 Å². The molecule has 2 N–H and O–H groups in total. The van der Waals surface area contributed by atoms with Crippen LogP contribution in [0.5, 0.6) is 0 Å². The predicted molar refractivity (Wildman–Crippen MR) is 64.1 cm³/mol. The van der Waals surface area contributed by atoms with Crippen molar-refractivity contribution in [3.63, 3.8) is 0 Å². The van der Waals surface area contributed by atoms with Crippen molar-refractivity contribution >= 4 is 17.3 Å². The van der Waals surface area contributed by atoms with Gasteiger partial charge in [0.25, 0.3) is 0 Å². The number of aromatic nitrogens is 3. The van der Waals surface area contributed by atoms with Gasteiger partial charge in [-0.05, 0) is 0 Å². The van der Waals surface area contributed by atoms with Crippen LogP contribution in [0.2, 0.25) is 0 Å². The minimum absolute atomic E-state index is 0.468. The summed E-state index contributed by atoms with van der Waals surface area (Å²) in [5.41, 5.74) is 9.27. The smallest absolute Gasteiger partial charge is 0.225 e. The van der Waals surface area contributed by atoms with Crippen molar-refractivity contribution in [3.8, 4) is 0 Å². The zero-order valence-electron chi connectivity index (χ0n) is 9.00. The second-order valence-corrected chi connectivity index (χ2v) is 4.15. The van der Waals surface area contributed by atoms with Crippen molar-refractivity contribution in [2.45, 2.75) is 13.1 Å². The Morgan fingerprint density at radius 3 is 2.62 bits per heavy atom. The van der Waals surface area contributed by atoms with Crippen molar-refractivity contribution in [3.05, 3.63) is 34.5 Å². The van der Waals surface area contributed by atoms with Crippen molar-refractivity contribution in [2.24, 2.45) is 5.73 Å². The molecule has 5 nitrogen and oxygen atoms in total. The highest BCUT2D eigenvalue weighted by Crippen LogP contribution is 2.10. The molecule has 0 saturated carbocycles. The summed E-state index contributed by atoms with van der Waals surface area (Å²) in [4.78, 5) is 14.7. The molecule has 0 unspecified atom stereocenters. The highest BCUT2D eigenvalue weighted by molar-refractivity contribution is 7.07. The molecule has 2 aromatic rings. The molecule has 0 saturated heterocycles. The van der Waals surface area contributed by atoms with Crippen LogP contribution in [0.3, 0.4) is 0 Å². The van der Waals surface area contributed by atoms with Crippen LogP contribution in [0.25, 0.3) is 0 Å². The number of anilines is 1. The molecule has 0 radical (unpaired) electrons. The first-order valence-electron chi connectivity index (χ1n) is 4.89. The normalized spacial score (nSPS) is 10.4. The van der Waals surface area contributed by atoms with E-state index in [1.807, 2.05) is 22.8 Å². The molecule has 2 heterocycles. The SMILES string of the molecule is CN(Cc1cscn1)c1ncc(CN)cn1. The van der Waals surface area contributed by atoms with Crippen LogP contribution in [0.1, 0.15) is 11.3 Å². The van der Waals surface area contributed by atoms with Gasteiger partial charge in [0.15, 0.2) is 0 Å². The highest BCUT2D eigenvalue weighted by atomic mass is 32.1. The largest absolute Gasteiger partial charge is 0.338 e. The van der Waals surface area contributed by atoms with E-state index in [-0.39, 0.29) is 0 Å². The van der Waals surface area contributed by atoms with Crippen LogP contribution in [0.15, 0.2) is 23.3 Å². The Morgan fingerprint density at radius 2 is 2.06 bits per heavy atom. The monoisotopic (exact) mass is 235 g/mol. The third-order valence-corrected chi connectivity index (χ3v) is 2.79. The Labute approximate surface area is 98.0 Å². The standard InChI is InChI=1S/C10H13N5S/c1-15(5-9-6-16-7-14-9)10-12-3-8(2-11)4-13-10/h3-4,6-7H,2,5,11H2,1H3. The van der Waals surface area contributed by atoms with E-state index in [2.05, 4.69) is 15.0 Å². The molecule has 0 aromatic carbocycles. The van der Waals surface area contributed by atoms with E-state index < -0.39 is 0 Å². The van der Waals surface area contributed by atoms with Crippen LogP contribution in [0, 0.1) is 0 Å². The second kappa shape index (κ2) is 5.00. The van der Waals surface area contributed by atoms with E-state index >= 15 is 0 Å². The van der Waals surface area contributed by atoms with Gasteiger partial charge in [0.05, 0.1) is 17.7 Å². The van der Waals surface area contributed by atoms with Crippen LogP contribution >= 0.6 is 11.3 Å². The Bertz CT molecular complexity index is 425. The second-order valence-electron chi connectivity index (χ2n) is 3.43. The molecule has 0 amide bonds. The van der Waals surface area contributed by atoms with E-state index in [0.29, 0.717) is 19.0 Å². The summed E-state index contributed by atoms with van der Waals surface area (Å²) < 4.78 is 0. The van der Waals surface area contributed by atoms with Crippen LogP contribution in [-0.4, -0.2) is 22.0 Å². The minimum atomic E-state index is 0.468. The average Bonchev–Trinajstić information content (AvgIpc) is 2.82. The Morgan fingerprint density at radius 1 is 1.31 bits per heavy atom. The first-order valence-corrected chi connectivity index (χ1v) is 5.83. The summed E-state index contributed by atoms with van der Waals surface area (Å²) >= 11 is 1.59. The molecule has 0 aliphatic heterocycles. The fraction of sp³-hybridized carbons (Fsp3) is 0.300. The number of hydrogen-bond acceptors (Lipinski definition) is 6. The van der Waals surface area contributed by atoms with Crippen molar-refractivity contribution in [1.29, 1.82) is 0 Å². The summed E-state index contributed by atoms with van der Waals surface area (Å²) in [5, 5.41) is 2.02. The van der Waals surface area contributed by atoms with Gasteiger partial charge >= 0.3 is 0 Å². The molecule has 0 aliphatic carbocycles. The van der Waals surface area contributed by atoms with Crippen LogP contribution in [-0.2, 0) is 13.1 Å². The van der Waals surface area contributed by atoms with Gasteiger partial charge in [0.1, 0.15) is 0 Å². The maximum Gasteiger partial charge on any atom is 0.225 e. The molecule has 0 spiro atoms. The third-order valence-electron chi connectivity index (χ3n) is 2.15. The molecular formula is C10H13N5S. The number of hydrogen-bond donors (Lipinski definition) is 1. The van der Waals surface area contributed by atoms with E-state index in [1.54, 1.807) is 23.7 Å². The lowest BCUT2D eigenvalue weighted by molar-refractivity contribution is 0.840. The van der Waals surface area contributed by atoms with E-state index in [1.165, 1.54) is 0 Å². The van der Waals surface area contributed by atoms with Crippen molar-refractivity contribution in [2.75, 3.05) is 11.9 Å². The third kappa shape index (κ3) is 2.53. The number of nitrogens with two attached hydrogens (primary N) is 1. The van der Waals surface area contributed by atoms with E-state index in [4.69, 9.17) is 5.73 Å². The van der Waals surface area contributed by atoms with Gasteiger partial charge in [-0.1, -0.05) is 0 Å². The molecule has 0 fully saturated rings. The van der Waals surface area contributed by atoms with Gasteiger partial charge in [-0.25, -0.2) is 15.0 Å². The van der Waals surface area contributed by atoms with Crippen molar-refractivity contribution in [1.82, 2.24) is 15.0 Å². The molecule has 84 valence electrons. The molecule has 0 atom stereocenters. The zero-order valence-corrected chi connectivity index (χ0v) is 9.81. The van der Waals surface area contributed by atoms with Gasteiger partial charge in [-0.3, -0.25) is 0 Å². The fourth-order valence-electron chi connectivity index (χ4n) is 1.28. The molecular weight excluding hydrogens is 222 g/mol. The molecule has 16 heavy (non-hydrogen) atoms. The maximum atomic E-state index is 5.48. The molecule has 2 aromatic heterocycles. The van der Waals surface area contributed by atoms with Gasteiger partial charge in [-0.2, -0.15) is 0 Å². The Hall–Kier alpha value is -1.53. The van der Waals surface area contributed by atoms with Crippen molar-refractivity contribution < 1.29 is 0 Å². The number of nitrogens with zero attached hydrogens (tertiary/aromatic N) is 4. The topological polar surface area (TPSA) is 67.9 Å². The summed E-state index contributed by atoms with van der Waals surface area (Å²) in [6.45, 7) is 1.18. The van der Waals surface area contributed by atoms with Gasteiger partial charge < -0.3 is 10.6 Å². The highest BCUT2D eigenvalue weighted by Gasteiger charge is 2.05. The fourth-order valence-corrected chi connectivity index (χ4v) is 1.83. The summed E-state index contributed by atoms with van der Waals surface area (Å²) in [5.74, 6) is 0.685. The first-order chi connectivity index (χ1) is 7.79. The lowest BCUT2D eigenvalue weighted by Gasteiger charge is -2.15.